The summed E-state index contributed by atoms with van der Waals surface area (Å²) in [5.41, 5.74) is 3.79. The Hall–Kier alpha value is -3.18. The molecule has 1 saturated heterocycles. The van der Waals surface area contributed by atoms with Crippen LogP contribution in [0, 0.1) is 0 Å². The van der Waals surface area contributed by atoms with Gasteiger partial charge >= 0.3 is 0 Å². The second-order valence-electron chi connectivity index (χ2n) is 7.52. The first-order valence-corrected chi connectivity index (χ1v) is 10.6. The van der Waals surface area contributed by atoms with Crippen molar-refractivity contribution in [1.29, 1.82) is 0 Å². The lowest BCUT2D eigenvalue weighted by atomic mass is 9.97. The van der Waals surface area contributed by atoms with Crippen molar-refractivity contribution in [2.24, 2.45) is 0 Å². The molecule has 2 heterocycles. The highest BCUT2D eigenvalue weighted by atomic mass is 79.9. The molecule has 2 amide bonds. The number of hydrogen-bond acceptors (Lipinski definition) is 2. The Labute approximate surface area is 182 Å². The van der Waals surface area contributed by atoms with Crippen molar-refractivity contribution in [2.75, 3.05) is 4.90 Å². The third-order valence-electron chi connectivity index (χ3n) is 5.62. The molecule has 30 heavy (non-hydrogen) atoms. The van der Waals surface area contributed by atoms with E-state index in [0.29, 0.717) is 12.2 Å². The second-order valence-corrected chi connectivity index (χ2v) is 8.43. The monoisotopic (exact) mass is 458 g/mol. The molecule has 1 aromatic heterocycles. The summed E-state index contributed by atoms with van der Waals surface area (Å²) in [4.78, 5) is 27.4. The number of rotatable bonds is 4. The highest BCUT2D eigenvalue weighted by Gasteiger charge is 2.41. The summed E-state index contributed by atoms with van der Waals surface area (Å²) in [5.74, 6) is -0.791. The van der Waals surface area contributed by atoms with Gasteiger partial charge in [-0.1, -0.05) is 64.5 Å². The molecule has 5 rings (SSSR count). The van der Waals surface area contributed by atoms with Gasteiger partial charge in [0.25, 0.3) is 0 Å². The second kappa shape index (κ2) is 7.58. The Bertz CT molecular complexity index is 1250. The number of halogens is 1. The minimum atomic E-state index is -0.469. The molecule has 4 aromatic rings. The zero-order valence-electron chi connectivity index (χ0n) is 16.2. The van der Waals surface area contributed by atoms with Gasteiger partial charge in [-0.25, -0.2) is 0 Å². The van der Waals surface area contributed by atoms with Crippen LogP contribution in [0.1, 0.15) is 23.5 Å². The Balaban J connectivity index is 1.54. The van der Waals surface area contributed by atoms with Gasteiger partial charge in [-0.05, 0) is 41.5 Å². The zero-order valence-corrected chi connectivity index (χ0v) is 17.7. The summed E-state index contributed by atoms with van der Waals surface area (Å²) in [5, 5.41) is 1.03. The minimum Gasteiger partial charge on any atom is -0.343 e. The summed E-state index contributed by atoms with van der Waals surface area (Å²) in [7, 11) is 0. The third kappa shape index (κ3) is 3.25. The van der Waals surface area contributed by atoms with Gasteiger partial charge in [0.05, 0.1) is 11.6 Å². The van der Waals surface area contributed by atoms with Crippen molar-refractivity contribution < 1.29 is 9.59 Å². The van der Waals surface area contributed by atoms with Crippen molar-refractivity contribution in [1.82, 2.24) is 4.57 Å². The first kappa shape index (κ1) is 18.8. The van der Waals surface area contributed by atoms with Crippen molar-refractivity contribution in [3.63, 3.8) is 0 Å². The molecule has 1 aliphatic rings. The maximum atomic E-state index is 13.3. The quantitative estimate of drug-likeness (QED) is 0.379. The lowest BCUT2D eigenvalue weighted by molar-refractivity contribution is -0.121. The van der Waals surface area contributed by atoms with E-state index in [0.717, 1.165) is 20.9 Å². The van der Waals surface area contributed by atoms with Gasteiger partial charge in [0, 0.05) is 34.5 Å². The summed E-state index contributed by atoms with van der Waals surface area (Å²) in [6.45, 7) is 0.715. The van der Waals surface area contributed by atoms with E-state index in [1.165, 1.54) is 10.5 Å². The Kier molecular flexibility index (Phi) is 4.75. The molecule has 1 atom stereocenters. The highest BCUT2D eigenvalue weighted by molar-refractivity contribution is 9.10. The molecule has 0 unspecified atom stereocenters. The smallest absolute Gasteiger partial charge is 0.241 e. The number of carbonyl (C=O) groups is 2. The average molecular weight is 459 g/mol. The van der Waals surface area contributed by atoms with E-state index in [4.69, 9.17) is 0 Å². The van der Waals surface area contributed by atoms with Crippen molar-refractivity contribution >= 4 is 44.3 Å². The molecule has 3 aromatic carbocycles. The van der Waals surface area contributed by atoms with Gasteiger partial charge in [-0.15, -0.1) is 0 Å². The molecule has 5 heteroatoms. The minimum absolute atomic E-state index is 0.160. The summed E-state index contributed by atoms with van der Waals surface area (Å²) >= 11 is 3.40. The van der Waals surface area contributed by atoms with Gasteiger partial charge in [-0.3, -0.25) is 14.5 Å². The number of benzene rings is 3. The topological polar surface area (TPSA) is 42.3 Å². The SMILES string of the molecule is O=C1C[C@H](c2cn(Cc3ccccc3)c3ccccc23)C(=O)N1c1ccc(Br)cc1. The van der Waals surface area contributed by atoms with E-state index in [1.54, 1.807) is 12.1 Å². The zero-order chi connectivity index (χ0) is 20.7. The maximum Gasteiger partial charge on any atom is 0.241 e. The number of imide groups is 1. The number of aromatic nitrogens is 1. The fraction of sp³-hybridized carbons (Fsp3) is 0.120. The number of nitrogens with zero attached hydrogens (tertiary/aromatic N) is 2. The fourth-order valence-corrected chi connectivity index (χ4v) is 4.46. The van der Waals surface area contributed by atoms with E-state index >= 15 is 0 Å². The summed E-state index contributed by atoms with van der Waals surface area (Å²) < 4.78 is 3.07. The van der Waals surface area contributed by atoms with Crippen LogP contribution in [0.2, 0.25) is 0 Å². The van der Waals surface area contributed by atoms with Gasteiger partial charge in [-0.2, -0.15) is 0 Å². The van der Waals surface area contributed by atoms with Gasteiger partial charge in [0.2, 0.25) is 11.8 Å². The number of amides is 2. The Morgan fingerprint density at radius 1 is 0.867 bits per heavy atom. The number of hydrogen-bond donors (Lipinski definition) is 0. The first-order valence-electron chi connectivity index (χ1n) is 9.86. The molecule has 0 spiro atoms. The van der Waals surface area contributed by atoms with Crippen LogP contribution in [0.3, 0.4) is 0 Å². The lowest BCUT2D eigenvalue weighted by Crippen LogP contribution is -2.29. The van der Waals surface area contributed by atoms with Gasteiger partial charge in [0.15, 0.2) is 0 Å². The number of anilines is 1. The number of fused-ring (bicyclic) bond motifs is 1. The first-order chi connectivity index (χ1) is 14.6. The molecule has 4 nitrogen and oxygen atoms in total. The van der Waals surface area contributed by atoms with Crippen LogP contribution in [-0.2, 0) is 16.1 Å². The molecule has 1 fully saturated rings. The molecule has 0 N–H and O–H groups in total. The normalized spacial score (nSPS) is 16.6. The van der Waals surface area contributed by atoms with Crippen LogP contribution >= 0.6 is 15.9 Å². The van der Waals surface area contributed by atoms with Crippen molar-refractivity contribution in [3.05, 3.63) is 101 Å². The molecule has 0 aliphatic carbocycles. The van der Waals surface area contributed by atoms with Gasteiger partial charge < -0.3 is 4.57 Å². The molecule has 1 aliphatic heterocycles. The van der Waals surface area contributed by atoms with Crippen LogP contribution in [0.25, 0.3) is 10.9 Å². The lowest BCUT2D eigenvalue weighted by Gasteiger charge is -2.15. The van der Waals surface area contributed by atoms with E-state index in [2.05, 4.69) is 38.7 Å². The standard InChI is InChI=1S/C25H19BrN2O2/c26-18-10-12-19(13-11-18)28-24(29)14-21(25(28)30)22-16-27(15-17-6-2-1-3-7-17)23-9-5-4-8-20(22)23/h1-13,16,21H,14-15H2/t21-/m1/s1. The predicted octanol–water partition coefficient (Wildman–Crippen LogP) is 5.50. The fourth-order valence-electron chi connectivity index (χ4n) is 4.20. The molecular formula is C25H19BrN2O2. The van der Waals surface area contributed by atoms with Crippen molar-refractivity contribution in [2.45, 2.75) is 18.9 Å². The molecule has 0 saturated carbocycles. The summed E-state index contributed by atoms with van der Waals surface area (Å²) in [6.07, 6.45) is 2.23. The Morgan fingerprint density at radius 2 is 1.57 bits per heavy atom. The molecular weight excluding hydrogens is 440 g/mol. The van der Waals surface area contributed by atoms with E-state index in [1.807, 2.05) is 54.7 Å². The molecule has 148 valence electrons. The maximum absolute atomic E-state index is 13.3. The van der Waals surface area contributed by atoms with Crippen LogP contribution < -0.4 is 4.90 Å². The van der Waals surface area contributed by atoms with E-state index in [-0.39, 0.29) is 18.2 Å². The van der Waals surface area contributed by atoms with E-state index in [9.17, 15) is 9.59 Å². The van der Waals surface area contributed by atoms with E-state index < -0.39 is 5.92 Å². The third-order valence-corrected chi connectivity index (χ3v) is 6.15. The predicted molar refractivity (Wildman–Crippen MR) is 121 cm³/mol. The van der Waals surface area contributed by atoms with Gasteiger partial charge in [0.1, 0.15) is 0 Å². The Morgan fingerprint density at radius 3 is 2.33 bits per heavy atom. The largest absolute Gasteiger partial charge is 0.343 e. The summed E-state index contributed by atoms with van der Waals surface area (Å²) in [6, 6.07) is 25.6. The highest BCUT2D eigenvalue weighted by Crippen LogP contribution is 2.37. The van der Waals surface area contributed by atoms with Crippen LogP contribution in [-0.4, -0.2) is 16.4 Å². The van der Waals surface area contributed by atoms with Crippen LogP contribution in [0.4, 0.5) is 5.69 Å². The number of carbonyl (C=O) groups excluding carboxylic acids is 2. The van der Waals surface area contributed by atoms with Crippen LogP contribution in [0.15, 0.2) is 89.5 Å². The molecule has 0 radical (unpaired) electrons. The average Bonchev–Trinajstić information content (AvgIpc) is 3.26. The van der Waals surface area contributed by atoms with Crippen molar-refractivity contribution in [3.8, 4) is 0 Å². The number of para-hydroxylation sites is 1. The molecule has 0 bridgehead atoms. The van der Waals surface area contributed by atoms with Crippen LogP contribution in [0.5, 0.6) is 0 Å².